The summed E-state index contributed by atoms with van der Waals surface area (Å²) in [7, 11) is 0. The Morgan fingerprint density at radius 3 is 1.96 bits per heavy atom. The molecule has 4 heterocycles. The smallest absolute Gasteiger partial charge is 0.159 e. The highest BCUT2D eigenvalue weighted by atomic mass is 32.1. The van der Waals surface area contributed by atoms with Gasteiger partial charge in [-0.25, -0.2) is 15.0 Å². The Kier molecular flexibility index (Phi) is 9.34. The van der Waals surface area contributed by atoms with Crippen molar-refractivity contribution >= 4 is 72.1 Å². The molecule has 11 aromatic rings. The van der Waals surface area contributed by atoms with Crippen molar-refractivity contribution in [2.75, 3.05) is 4.90 Å². The number of fused-ring (bicyclic) bond motifs is 7. The number of anilines is 3. The fourth-order valence-electron chi connectivity index (χ4n) is 10.3. The molecule has 0 fully saturated rings. The van der Waals surface area contributed by atoms with Gasteiger partial charge >= 0.3 is 0 Å². The minimum atomic E-state index is -0.298. The minimum absolute atomic E-state index is 0.224. The Morgan fingerprint density at radius 2 is 1.16 bits per heavy atom. The first-order valence-electron chi connectivity index (χ1n) is 23.1. The summed E-state index contributed by atoms with van der Waals surface area (Å²) in [5.41, 5.74) is 16.7. The number of para-hydroxylation sites is 2. The first kappa shape index (κ1) is 39.9. The molecule has 1 N–H and O–H groups in total. The number of benzene rings is 9. The molecule has 1 unspecified atom stereocenters. The Morgan fingerprint density at radius 1 is 0.515 bits per heavy atom. The lowest BCUT2D eigenvalue weighted by molar-refractivity contribution is 0.632. The SMILES string of the molecule is CC1(C)c2ccccc2N(c2ccccc2)c2ccc(-c3ccc4c(c3)c3ccc5nc(-c6ccccc6)sc5c3n4-c3cccc(C4=NC(c5ccccc5)NC(c5ccccc5)=N4)c3)cc21. The van der Waals surface area contributed by atoms with Crippen molar-refractivity contribution in [1.82, 2.24) is 14.9 Å². The van der Waals surface area contributed by atoms with Crippen LogP contribution in [0.25, 0.3) is 59.4 Å². The largest absolute Gasteiger partial charge is 0.344 e. The zero-order chi connectivity index (χ0) is 45.3. The van der Waals surface area contributed by atoms with E-state index in [1.54, 1.807) is 11.3 Å². The molecule has 9 aromatic carbocycles. The van der Waals surface area contributed by atoms with E-state index in [0.717, 1.165) is 65.7 Å². The average Bonchev–Trinajstić information content (AvgIpc) is 3.99. The topological polar surface area (TPSA) is 57.8 Å². The van der Waals surface area contributed by atoms with E-state index in [1.165, 1.54) is 44.4 Å². The first-order valence-corrected chi connectivity index (χ1v) is 23.9. The van der Waals surface area contributed by atoms with E-state index in [2.05, 4.69) is 223 Å². The highest BCUT2D eigenvalue weighted by molar-refractivity contribution is 7.22. The average molecular weight is 893 g/mol. The normalized spacial score (nSPS) is 15.1. The summed E-state index contributed by atoms with van der Waals surface area (Å²) in [6.07, 6.45) is -0.298. The van der Waals surface area contributed by atoms with Crippen LogP contribution in [0.4, 0.5) is 17.1 Å². The van der Waals surface area contributed by atoms with Crippen molar-refractivity contribution in [1.29, 1.82) is 0 Å². The zero-order valence-corrected chi connectivity index (χ0v) is 38.3. The molecule has 0 aliphatic carbocycles. The Bertz CT molecular complexity index is 3800. The molecule has 2 aliphatic heterocycles. The minimum Gasteiger partial charge on any atom is -0.344 e. The molecule has 6 nitrogen and oxygen atoms in total. The summed E-state index contributed by atoms with van der Waals surface area (Å²) in [6, 6.07) is 77.9. The van der Waals surface area contributed by atoms with Gasteiger partial charge in [-0.1, -0.05) is 166 Å². The van der Waals surface area contributed by atoms with Gasteiger partial charge in [0.05, 0.1) is 32.6 Å². The van der Waals surface area contributed by atoms with Crippen molar-refractivity contribution < 1.29 is 0 Å². The van der Waals surface area contributed by atoms with E-state index in [9.17, 15) is 0 Å². The summed E-state index contributed by atoms with van der Waals surface area (Å²) in [5, 5.41) is 6.98. The van der Waals surface area contributed by atoms with Crippen molar-refractivity contribution in [3.8, 4) is 27.4 Å². The van der Waals surface area contributed by atoms with Crippen LogP contribution in [0.15, 0.2) is 228 Å². The first-order chi connectivity index (χ1) is 33.5. The van der Waals surface area contributed by atoms with Gasteiger partial charge in [0.1, 0.15) is 17.0 Å². The van der Waals surface area contributed by atoms with Gasteiger partial charge in [0.15, 0.2) is 5.84 Å². The van der Waals surface area contributed by atoms with Crippen LogP contribution >= 0.6 is 11.3 Å². The van der Waals surface area contributed by atoms with Gasteiger partial charge in [0.2, 0.25) is 0 Å². The van der Waals surface area contributed by atoms with Gasteiger partial charge in [-0.05, 0) is 94.5 Å². The highest BCUT2D eigenvalue weighted by Crippen LogP contribution is 2.53. The third-order valence-electron chi connectivity index (χ3n) is 13.6. The van der Waals surface area contributed by atoms with Crippen LogP contribution in [-0.2, 0) is 5.41 Å². The van der Waals surface area contributed by atoms with E-state index in [0.29, 0.717) is 5.84 Å². The molecule has 0 spiro atoms. The Hall–Kier alpha value is -8.39. The van der Waals surface area contributed by atoms with Crippen LogP contribution in [-0.4, -0.2) is 21.2 Å². The molecule has 0 saturated carbocycles. The zero-order valence-electron chi connectivity index (χ0n) is 37.5. The summed E-state index contributed by atoms with van der Waals surface area (Å²) in [4.78, 5) is 18.1. The van der Waals surface area contributed by atoms with Crippen LogP contribution in [0, 0.1) is 0 Å². The molecule has 324 valence electrons. The fraction of sp³-hybridized carbons (Fsp3) is 0.0656. The second-order valence-corrected chi connectivity index (χ2v) is 19.1. The van der Waals surface area contributed by atoms with Crippen LogP contribution in [0.1, 0.15) is 47.8 Å². The van der Waals surface area contributed by atoms with E-state index in [4.69, 9.17) is 15.0 Å². The highest BCUT2D eigenvalue weighted by Gasteiger charge is 2.37. The van der Waals surface area contributed by atoms with E-state index in [1.807, 2.05) is 24.3 Å². The molecule has 13 rings (SSSR count). The number of thiazole rings is 1. The molecular weight excluding hydrogens is 849 g/mol. The van der Waals surface area contributed by atoms with Crippen LogP contribution in [0.2, 0.25) is 0 Å². The quantitative estimate of drug-likeness (QED) is 0.173. The molecule has 0 amide bonds. The molecule has 1 atom stereocenters. The second-order valence-electron chi connectivity index (χ2n) is 18.1. The number of aromatic nitrogens is 2. The van der Waals surface area contributed by atoms with Crippen LogP contribution in [0.5, 0.6) is 0 Å². The molecule has 0 bridgehead atoms. The van der Waals surface area contributed by atoms with Crippen molar-refractivity contribution in [3.63, 3.8) is 0 Å². The fourth-order valence-corrected chi connectivity index (χ4v) is 11.4. The van der Waals surface area contributed by atoms with Gasteiger partial charge < -0.3 is 14.8 Å². The van der Waals surface area contributed by atoms with Crippen molar-refractivity contribution in [2.24, 2.45) is 9.98 Å². The molecule has 7 heteroatoms. The van der Waals surface area contributed by atoms with Gasteiger partial charge in [-0.3, -0.25) is 0 Å². The predicted molar refractivity (Wildman–Crippen MR) is 283 cm³/mol. The predicted octanol–water partition coefficient (Wildman–Crippen LogP) is 15.3. The maximum Gasteiger partial charge on any atom is 0.159 e. The van der Waals surface area contributed by atoms with Gasteiger partial charge in [-0.2, -0.15) is 0 Å². The van der Waals surface area contributed by atoms with Crippen molar-refractivity contribution in [2.45, 2.75) is 25.4 Å². The molecule has 2 aliphatic rings. The maximum absolute atomic E-state index is 5.25. The van der Waals surface area contributed by atoms with Gasteiger partial charge in [0, 0.05) is 44.3 Å². The number of rotatable bonds is 7. The van der Waals surface area contributed by atoms with E-state index in [-0.39, 0.29) is 11.6 Å². The number of hydrogen-bond acceptors (Lipinski definition) is 6. The van der Waals surface area contributed by atoms with Crippen molar-refractivity contribution in [3.05, 3.63) is 246 Å². The number of nitrogens with zero attached hydrogens (tertiary/aromatic N) is 5. The van der Waals surface area contributed by atoms with E-state index < -0.39 is 0 Å². The number of nitrogens with one attached hydrogen (secondary N) is 1. The summed E-state index contributed by atoms with van der Waals surface area (Å²) in [5.74, 6) is 1.47. The lowest BCUT2D eigenvalue weighted by Gasteiger charge is -2.42. The third-order valence-corrected chi connectivity index (χ3v) is 14.8. The monoisotopic (exact) mass is 892 g/mol. The van der Waals surface area contributed by atoms with Gasteiger partial charge in [-0.15, -0.1) is 11.3 Å². The molecule has 68 heavy (non-hydrogen) atoms. The van der Waals surface area contributed by atoms with Crippen LogP contribution in [0.3, 0.4) is 0 Å². The maximum atomic E-state index is 5.25. The molecule has 0 radical (unpaired) electrons. The van der Waals surface area contributed by atoms with Gasteiger partial charge in [0.25, 0.3) is 0 Å². The standard InChI is InChI=1S/C61H44N6S/c1-61(2)49-28-15-16-29-53(49)66(45-25-13-6-14-26-45)54-35-31-43(38-50(54)61)42-30-34-52-48(37-42)47-32-33-51-56(68-60(62-51)41-22-11-5-12-23-41)55(47)67(52)46-27-17-24-44(36-46)59-64-57(39-18-7-3-8-19-39)63-58(65-59)40-20-9-4-10-21-40/h3-38,57H,1-2H3,(H,63,64,65). The summed E-state index contributed by atoms with van der Waals surface area (Å²) < 4.78 is 3.57. The Balaban J connectivity index is 0.993. The van der Waals surface area contributed by atoms with E-state index >= 15 is 0 Å². The lowest BCUT2D eigenvalue weighted by Crippen LogP contribution is -2.33. The van der Waals surface area contributed by atoms with Crippen LogP contribution < -0.4 is 10.2 Å². The Labute approximate surface area is 398 Å². The number of amidine groups is 2. The lowest BCUT2D eigenvalue weighted by atomic mass is 9.73. The third kappa shape index (κ3) is 6.57. The second kappa shape index (κ2) is 15.9. The number of aliphatic imine (C=N–C) groups is 2. The molecular formula is C61H44N6S. The summed E-state index contributed by atoms with van der Waals surface area (Å²) in [6.45, 7) is 4.72. The number of hydrogen-bond donors (Lipinski definition) is 1. The summed E-state index contributed by atoms with van der Waals surface area (Å²) >= 11 is 1.75. The molecule has 0 saturated heterocycles. The molecule has 2 aromatic heterocycles.